The van der Waals surface area contributed by atoms with Crippen molar-refractivity contribution in [3.05, 3.63) is 0 Å². The zero-order valence-corrected chi connectivity index (χ0v) is 8.25. The van der Waals surface area contributed by atoms with E-state index < -0.39 is 36.7 Å². The van der Waals surface area contributed by atoms with Gasteiger partial charge in [-0.3, -0.25) is 0 Å². The van der Waals surface area contributed by atoms with Crippen molar-refractivity contribution in [2.75, 3.05) is 13.7 Å². The van der Waals surface area contributed by atoms with Crippen molar-refractivity contribution >= 4 is 0 Å². The lowest BCUT2D eigenvalue weighted by Gasteiger charge is -2.46. The summed E-state index contributed by atoms with van der Waals surface area (Å²) in [4.78, 5) is 0. The van der Waals surface area contributed by atoms with E-state index in [1.807, 2.05) is 0 Å². The highest BCUT2D eigenvalue weighted by Gasteiger charge is 2.49. The van der Waals surface area contributed by atoms with Gasteiger partial charge in [-0.2, -0.15) is 0 Å². The molecule has 0 aromatic rings. The summed E-state index contributed by atoms with van der Waals surface area (Å²) < 4.78 is 10.3. The Balaban J connectivity index is 2.84. The first-order chi connectivity index (χ1) is 6.46. The molecule has 1 aliphatic rings. The van der Waals surface area contributed by atoms with Gasteiger partial charge in [-0.1, -0.05) is 0 Å². The number of rotatable bonds is 2. The molecule has 1 unspecified atom stereocenters. The SMILES string of the molecule is COC1(C)O[C@H](CO)[C@@H](O)[C@H](O)[C@@H]1N. The Labute approximate surface area is 82.2 Å². The summed E-state index contributed by atoms with van der Waals surface area (Å²) in [7, 11) is 1.39. The van der Waals surface area contributed by atoms with Gasteiger partial charge in [0.15, 0.2) is 5.79 Å². The third kappa shape index (κ3) is 1.77. The molecule has 0 amide bonds. The lowest BCUT2D eigenvalue weighted by molar-refractivity contribution is -0.315. The Morgan fingerprint density at radius 1 is 1.43 bits per heavy atom. The second-order valence-electron chi connectivity index (χ2n) is 3.57. The van der Waals surface area contributed by atoms with E-state index in [1.54, 1.807) is 6.92 Å². The average Bonchev–Trinajstić information content (AvgIpc) is 2.20. The van der Waals surface area contributed by atoms with Gasteiger partial charge in [-0.15, -0.1) is 0 Å². The van der Waals surface area contributed by atoms with Crippen LogP contribution in [0.2, 0.25) is 0 Å². The van der Waals surface area contributed by atoms with E-state index in [0.29, 0.717) is 0 Å². The fourth-order valence-electron chi connectivity index (χ4n) is 1.52. The van der Waals surface area contributed by atoms with Crippen LogP contribution in [0.15, 0.2) is 0 Å². The second kappa shape index (κ2) is 4.09. The largest absolute Gasteiger partial charge is 0.394 e. The van der Waals surface area contributed by atoms with Crippen LogP contribution in [0.5, 0.6) is 0 Å². The van der Waals surface area contributed by atoms with Crippen LogP contribution in [0.25, 0.3) is 0 Å². The summed E-state index contributed by atoms with van der Waals surface area (Å²) in [5.41, 5.74) is 5.63. The van der Waals surface area contributed by atoms with E-state index in [9.17, 15) is 10.2 Å². The third-order valence-corrected chi connectivity index (χ3v) is 2.67. The van der Waals surface area contributed by atoms with E-state index in [2.05, 4.69) is 0 Å². The van der Waals surface area contributed by atoms with Crippen LogP contribution in [0.3, 0.4) is 0 Å². The smallest absolute Gasteiger partial charge is 0.183 e. The molecule has 0 bridgehead atoms. The monoisotopic (exact) mass is 207 g/mol. The highest BCUT2D eigenvalue weighted by molar-refractivity contribution is 4.97. The highest BCUT2D eigenvalue weighted by Crippen LogP contribution is 2.28. The van der Waals surface area contributed by atoms with Crippen LogP contribution in [0.1, 0.15) is 6.92 Å². The molecule has 14 heavy (non-hydrogen) atoms. The number of hydrogen-bond donors (Lipinski definition) is 4. The zero-order chi connectivity index (χ0) is 10.9. The quantitative estimate of drug-likeness (QED) is 0.409. The molecule has 0 aromatic carbocycles. The predicted octanol–water partition coefficient (Wildman–Crippen LogP) is -2.21. The maximum Gasteiger partial charge on any atom is 0.183 e. The van der Waals surface area contributed by atoms with Crippen molar-refractivity contribution in [3.63, 3.8) is 0 Å². The molecule has 5 N–H and O–H groups in total. The fraction of sp³-hybridized carbons (Fsp3) is 1.00. The minimum atomic E-state index is -1.20. The van der Waals surface area contributed by atoms with Gasteiger partial charge in [-0.05, 0) is 6.92 Å². The molecule has 0 spiro atoms. The molecule has 0 aromatic heterocycles. The Morgan fingerprint density at radius 2 is 2.00 bits per heavy atom. The molecule has 6 nitrogen and oxygen atoms in total. The topological polar surface area (TPSA) is 105 Å². The van der Waals surface area contributed by atoms with Crippen molar-refractivity contribution in [3.8, 4) is 0 Å². The Hall–Kier alpha value is -0.240. The number of aliphatic hydroxyl groups is 3. The van der Waals surface area contributed by atoms with E-state index in [0.717, 1.165) is 0 Å². The lowest BCUT2D eigenvalue weighted by Crippen LogP contribution is -2.67. The highest BCUT2D eigenvalue weighted by atomic mass is 16.7. The van der Waals surface area contributed by atoms with Gasteiger partial charge in [0.25, 0.3) is 0 Å². The van der Waals surface area contributed by atoms with E-state index in [1.165, 1.54) is 7.11 Å². The van der Waals surface area contributed by atoms with E-state index in [4.69, 9.17) is 20.3 Å². The molecular formula is C8H17NO5. The zero-order valence-electron chi connectivity index (χ0n) is 8.25. The summed E-state index contributed by atoms with van der Waals surface area (Å²) in [5.74, 6) is -1.19. The molecule has 0 radical (unpaired) electrons. The standard InChI is InChI=1S/C8H17NO5/c1-8(13-2)7(9)6(12)5(11)4(3-10)14-8/h4-7,10-12H,3,9H2,1-2H3/t4-,5-,6+,7+,8?/m1/s1. The minimum absolute atomic E-state index is 0.399. The first kappa shape index (κ1) is 11.8. The normalized spacial score (nSPS) is 49.3. The summed E-state index contributed by atoms with van der Waals surface area (Å²) in [6.07, 6.45) is -3.25. The van der Waals surface area contributed by atoms with Crippen LogP contribution in [0, 0.1) is 0 Å². The molecule has 6 heteroatoms. The number of hydrogen-bond acceptors (Lipinski definition) is 6. The van der Waals surface area contributed by atoms with Crippen LogP contribution in [-0.4, -0.2) is 59.2 Å². The summed E-state index contributed by atoms with van der Waals surface area (Å²) in [6.45, 7) is 1.15. The molecule has 84 valence electrons. The number of ether oxygens (including phenoxy) is 2. The summed E-state index contributed by atoms with van der Waals surface area (Å²) in [5, 5.41) is 27.9. The van der Waals surface area contributed by atoms with Crippen molar-refractivity contribution in [2.24, 2.45) is 5.73 Å². The van der Waals surface area contributed by atoms with Gasteiger partial charge >= 0.3 is 0 Å². The van der Waals surface area contributed by atoms with Crippen LogP contribution >= 0.6 is 0 Å². The number of methoxy groups -OCH3 is 1. The second-order valence-corrected chi connectivity index (χ2v) is 3.57. The van der Waals surface area contributed by atoms with Gasteiger partial charge in [-0.25, -0.2) is 0 Å². The summed E-state index contributed by atoms with van der Waals surface area (Å²) >= 11 is 0. The molecule has 1 heterocycles. The van der Waals surface area contributed by atoms with Crippen LogP contribution < -0.4 is 5.73 Å². The maximum atomic E-state index is 9.57. The first-order valence-corrected chi connectivity index (χ1v) is 4.42. The fourth-order valence-corrected chi connectivity index (χ4v) is 1.52. The van der Waals surface area contributed by atoms with Crippen LogP contribution in [-0.2, 0) is 9.47 Å². The van der Waals surface area contributed by atoms with Gasteiger partial charge in [0.1, 0.15) is 18.3 Å². The van der Waals surface area contributed by atoms with Crippen molar-refractivity contribution in [1.82, 2.24) is 0 Å². The van der Waals surface area contributed by atoms with Gasteiger partial charge in [0, 0.05) is 7.11 Å². The first-order valence-electron chi connectivity index (χ1n) is 4.42. The van der Waals surface area contributed by atoms with Crippen molar-refractivity contribution in [1.29, 1.82) is 0 Å². The molecule has 1 saturated heterocycles. The predicted molar refractivity (Wildman–Crippen MR) is 47.4 cm³/mol. The third-order valence-electron chi connectivity index (χ3n) is 2.67. The lowest BCUT2D eigenvalue weighted by atomic mass is 9.92. The Bertz CT molecular complexity index is 200. The van der Waals surface area contributed by atoms with Crippen LogP contribution in [0.4, 0.5) is 0 Å². The molecule has 1 rings (SSSR count). The van der Waals surface area contributed by atoms with Gasteiger partial charge in [0.05, 0.1) is 12.6 Å². The number of nitrogens with two attached hydrogens (primary N) is 1. The summed E-state index contributed by atoms with van der Waals surface area (Å²) in [6, 6.07) is -0.856. The minimum Gasteiger partial charge on any atom is -0.394 e. The number of aliphatic hydroxyl groups excluding tert-OH is 3. The molecule has 1 aliphatic heterocycles. The van der Waals surface area contributed by atoms with Gasteiger partial charge in [0.2, 0.25) is 0 Å². The molecule has 5 atom stereocenters. The molecular weight excluding hydrogens is 190 g/mol. The van der Waals surface area contributed by atoms with E-state index >= 15 is 0 Å². The maximum absolute atomic E-state index is 9.57. The van der Waals surface area contributed by atoms with Gasteiger partial charge < -0.3 is 30.5 Å². The van der Waals surface area contributed by atoms with Crippen molar-refractivity contribution < 1.29 is 24.8 Å². The Morgan fingerprint density at radius 3 is 2.43 bits per heavy atom. The average molecular weight is 207 g/mol. The molecule has 1 fully saturated rings. The molecule has 0 aliphatic carbocycles. The molecule has 0 saturated carbocycles. The van der Waals surface area contributed by atoms with E-state index in [-0.39, 0.29) is 0 Å². The Kier molecular flexibility index (Phi) is 3.46. The van der Waals surface area contributed by atoms with Crippen molar-refractivity contribution in [2.45, 2.75) is 37.1 Å².